The van der Waals surface area contributed by atoms with E-state index < -0.39 is 11.9 Å². The fourth-order valence-electron chi connectivity index (χ4n) is 7.36. The Labute approximate surface area is 237 Å². The van der Waals surface area contributed by atoms with Crippen LogP contribution in [0.1, 0.15) is 79.4 Å². The number of hydrogen-bond acceptors (Lipinski definition) is 6. The second-order valence-corrected chi connectivity index (χ2v) is 12.6. The molecule has 214 valence electrons. The number of hydrogen-bond donors (Lipinski definition) is 3. The number of carbonyl (C=O) groups excluding carboxylic acids is 3. The van der Waals surface area contributed by atoms with Crippen molar-refractivity contribution in [3.8, 4) is 5.88 Å². The minimum absolute atomic E-state index is 0.0242. The van der Waals surface area contributed by atoms with E-state index in [4.69, 9.17) is 0 Å². The van der Waals surface area contributed by atoms with Crippen LogP contribution in [-0.2, 0) is 16.0 Å². The molecule has 0 radical (unpaired) electrons. The maximum atomic E-state index is 13.4. The molecule has 7 rings (SSSR count). The largest absolute Gasteiger partial charge is 0.493 e. The number of likely N-dealkylation sites (tertiary alicyclic amines) is 1. The first-order valence-electron chi connectivity index (χ1n) is 14.7. The fraction of sp³-hybridized carbons (Fsp3) is 0.484. The zero-order valence-electron chi connectivity index (χ0n) is 23.2. The maximum Gasteiger partial charge on any atom is 0.271 e. The van der Waals surface area contributed by atoms with Gasteiger partial charge < -0.3 is 10.0 Å². The quantitative estimate of drug-likeness (QED) is 0.400. The van der Waals surface area contributed by atoms with Gasteiger partial charge in [0.15, 0.2) is 0 Å². The molecule has 10 heteroatoms. The molecule has 3 aliphatic heterocycles. The summed E-state index contributed by atoms with van der Waals surface area (Å²) in [6.45, 7) is 5.38. The molecule has 41 heavy (non-hydrogen) atoms. The molecular weight excluding hydrogens is 522 g/mol. The normalized spacial score (nSPS) is 22.8. The Morgan fingerprint density at radius 2 is 1.80 bits per heavy atom. The number of benzene rings is 2. The van der Waals surface area contributed by atoms with Crippen molar-refractivity contribution in [2.75, 3.05) is 24.5 Å². The lowest BCUT2D eigenvalue weighted by molar-refractivity contribution is -0.134. The van der Waals surface area contributed by atoms with Gasteiger partial charge in [-0.05, 0) is 60.6 Å². The van der Waals surface area contributed by atoms with Crippen LogP contribution in [0.4, 0.5) is 5.69 Å². The Balaban J connectivity index is 1.14. The molecule has 2 saturated heterocycles. The number of aromatic amines is 1. The van der Waals surface area contributed by atoms with Crippen molar-refractivity contribution >= 4 is 34.2 Å². The van der Waals surface area contributed by atoms with Crippen molar-refractivity contribution < 1.29 is 19.5 Å². The smallest absolute Gasteiger partial charge is 0.271 e. The second kappa shape index (κ2) is 9.58. The van der Waals surface area contributed by atoms with E-state index in [0.29, 0.717) is 22.2 Å². The number of anilines is 1. The molecule has 0 spiro atoms. The van der Waals surface area contributed by atoms with E-state index in [2.05, 4.69) is 22.2 Å². The molecule has 4 aliphatic rings. The molecule has 3 aromatic rings. The average Bonchev–Trinajstić information content (AvgIpc) is 3.38. The third-order valence-electron chi connectivity index (χ3n) is 9.79. The van der Waals surface area contributed by atoms with Crippen molar-refractivity contribution in [3.63, 3.8) is 0 Å². The van der Waals surface area contributed by atoms with Gasteiger partial charge in [-0.2, -0.15) is 0 Å². The number of H-pyrrole nitrogens is 1. The number of imide groups is 1. The highest BCUT2D eigenvalue weighted by Gasteiger charge is 2.41. The molecule has 3 fully saturated rings. The third-order valence-corrected chi connectivity index (χ3v) is 9.79. The summed E-state index contributed by atoms with van der Waals surface area (Å²) in [4.78, 5) is 54.8. The van der Waals surface area contributed by atoms with Gasteiger partial charge in [0.2, 0.25) is 17.7 Å². The predicted octanol–water partition coefficient (Wildman–Crippen LogP) is 3.22. The van der Waals surface area contributed by atoms with Crippen LogP contribution in [0.15, 0.2) is 35.1 Å². The van der Waals surface area contributed by atoms with Gasteiger partial charge in [-0.25, -0.2) is 0 Å². The van der Waals surface area contributed by atoms with Gasteiger partial charge in [-0.15, -0.1) is 0 Å². The second-order valence-electron chi connectivity index (χ2n) is 12.6. The first-order valence-corrected chi connectivity index (χ1v) is 14.7. The van der Waals surface area contributed by atoms with Crippen molar-refractivity contribution in [2.24, 2.45) is 5.41 Å². The number of nitrogens with one attached hydrogen (secondary N) is 2. The maximum absolute atomic E-state index is 13.4. The van der Waals surface area contributed by atoms with Crippen LogP contribution in [0.5, 0.6) is 5.88 Å². The molecule has 1 aromatic heterocycles. The number of aromatic hydroxyl groups is 1. The van der Waals surface area contributed by atoms with Gasteiger partial charge in [0, 0.05) is 43.4 Å². The van der Waals surface area contributed by atoms with Crippen molar-refractivity contribution in [1.82, 2.24) is 20.0 Å². The topological polar surface area (TPSA) is 128 Å². The monoisotopic (exact) mass is 557 g/mol. The highest BCUT2D eigenvalue weighted by Crippen LogP contribution is 2.43. The molecule has 1 saturated carbocycles. The minimum Gasteiger partial charge on any atom is -0.493 e. The number of rotatable bonds is 6. The Bertz CT molecular complexity index is 1640. The lowest BCUT2D eigenvalue weighted by atomic mass is 9.70. The summed E-state index contributed by atoms with van der Waals surface area (Å²) >= 11 is 0. The molecular formula is C31H35N5O5. The highest BCUT2D eigenvalue weighted by atomic mass is 16.3. The molecule has 1 atom stereocenters. The van der Waals surface area contributed by atoms with Gasteiger partial charge in [0.05, 0.1) is 17.3 Å². The summed E-state index contributed by atoms with van der Waals surface area (Å²) in [5.41, 5.74) is 2.36. The summed E-state index contributed by atoms with van der Waals surface area (Å²) in [6, 6.07) is 8.37. The Kier molecular flexibility index (Phi) is 6.08. The molecule has 0 bridgehead atoms. The van der Waals surface area contributed by atoms with Gasteiger partial charge in [0.1, 0.15) is 6.04 Å². The minimum atomic E-state index is -0.759. The molecule has 10 nitrogen and oxygen atoms in total. The van der Waals surface area contributed by atoms with Crippen LogP contribution in [0.2, 0.25) is 0 Å². The summed E-state index contributed by atoms with van der Waals surface area (Å²) in [7, 11) is 0. The van der Waals surface area contributed by atoms with E-state index in [9.17, 15) is 24.3 Å². The van der Waals surface area contributed by atoms with Crippen molar-refractivity contribution in [2.45, 2.75) is 70.4 Å². The van der Waals surface area contributed by atoms with E-state index in [1.54, 1.807) is 22.9 Å². The summed E-state index contributed by atoms with van der Waals surface area (Å²) in [6.07, 6.45) is 6.29. The van der Waals surface area contributed by atoms with Crippen LogP contribution >= 0.6 is 0 Å². The van der Waals surface area contributed by atoms with E-state index in [1.165, 1.54) is 24.2 Å². The van der Waals surface area contributed by atoms with Gasteiger partial charge >= 0.3 is 0 Å². The van der Waals surface area contributed by atoms with Gasteiger partial charge in [-0.3, -0.25) is 39.2 Å². The molecule has 3 amide bonds. The molecule has 4 heterocycles. The number of carbonyl (C=O) groups is 3. The zero-order chi connectivity index (χ0) is 28.5. The van der Waals surface area contributed by atoms with Gasteiger partial charge in [-0.1, -0.05) is 31.5 Å². The molecule has 1 aliphatic carbocycles. The standard InChI is InChI=1S/C31H35N5O5/c1-31(12-3-13-31)17-34-14-10-19(11-15-34)36-30(41)22(27(38)33-36)16-18-6-7-23-26-20(18)4-2-5-21(26)29(40)35(23)24-8-9-25(37)32-28(24)39/h2,4-7,19,24,41H,3,8-17H2,1H3,(H,33,38)(H,32,37,39). The van der Waals surface area contributed by atoms with Crippen LogP contribution in [-0.4, -0.2) is 63.2 Å². The molecule has 1 unspecified atom stereocenters. The Hall–Kier alpha value is -3.92. The zero-order valence-corrected chi connectivity index (χ0v) is 23.2. The predicted molar refractivity (Wildman–Crippen MR) is 153 cm³/mol. The lowest BCUT2D eigenvalue weighted by Gasteiger charge is -2.44. The van der Waals surface area contributed by atoms with Crippen LogP contribution < -0.4 is 15.8 Å². The number of aromatic nitrogens is 2. The van der Waals surface area contributed by atoms with E-state index in [0.717, 1.165) is 48.8 Å². The Morgan fingerprint density at radius 1 is 1.02 bits per heavy atom. The molecule has 3 N–H and O–H groups in total. The molecule has 2 aromatic carbocycles. The number of nitrogens with zero attached hydrogens (tertiary/aromatic N) is 3. The first kappa shape index (κ1) is 26.0. The van der Waals surface area contributed by atoms with E-state index in [1.807, 2.05) is 12.1 Å². The van der Waals surface area contributed by atoms with Crippen molar-refractivity contribution in [1.29, 1.82) is 0 Å². The average molecular weight is 558 g/mol. The SMILES string of the molecule is CC1(CN2CCC(n3[nH]c(=O)c(Cc4ccc5c6c(cccc46)C(=O)N5C4CCC(=O)NC4=O)c3O)CC2)CCC1. The summed E-state index contributed by atoms with van der Waals surface area (Å²) in [5, 5.41) is 18.0. The first-order chi connectivity index (χ1) is 19.7. The lowest BCUT2D eigenvalue weighted by Crippen LogP contribution is -2.53. The number of piperidine rings is 2. The highest BCUT2D eigenvalue weighted by molar-refractivity contribution is 6.27. The van der Waals surface area contributed by atoms with Crippen molar-refractivity contribution in [3.05, 3.63) is 57.4 Å². The Morgan fingerprint density at radius 3 is 2.51 bits per heavy atom. The van der Waals surface area contributed by atoms with Crippen LogP contribution in [0, 0.1) is 5.41 Å². The van der Waals surface area contributed by atoms with Crippen LogP contribution in [0.3, 0.4) is 0 Å². The van der Waals surface area contributed by atoms with Crippen LogP contribution in [0.25, 0.3) is 10.8 Å². The summed E-state index contributed by atoms with van der Waals surface area (Å²) < 4.78 is 1.65. The van der Waals surface area contributed by atoms with E-state index in [-0.39, 0.29) is 48.6 Å². The summed E-state index contributed by atoms with van der Waals surface area (Å²) in [5.74, 6) is -1.10. The number of amides is 3. The van der Waals surface area contributed by atoms with Gasteiger partial charge in [0.25, 0.3) is 11.5 Å². The fourth-order valence-corrected chi connectivity index (χ4v) is 7.36. The third kappa shape index (κ3) is 4.27. The van der Waals surface area contributed by atoms with E-state index >= 15 is 0 Å².